The van der Waals surface area contributed by atoms with Gasteiger partial charge in [-0.15, -0.1) is 0 Å². The summed E-state index contributed by atoms with van der Waals surface area (Å²) in [5, 5.41) is 0. The molecule has 3 nitrogen and oxygen atoms in total. The minimum absolute atomic E-state index is 0.0585. The number of allylic oxidation sites excluding steroid dienone is 4. The lowest BCUT2D eigenvalue weighted by Gasteiger charge is -2.02. The fourth-order valence-corrected chi connectivity index (χ4v) is 1.37. The van der Waals surface area contributed by atoms with Crippen LogP contribution in [-0.2, 0) is 14.3 Å². The highest BCUT2D eigenvalue weighted by atomic mass is 16.5. The molecule has 0 atom stereocenters. The normalized spacial score (nSPS) is 15.8. The lowest BCUT2D eigenvalue weighted by Crippen LogP contribution is -2.08. The van der Waals surface area contributed by atoms with E-state index < -0.39 is 0 Å². The van der Waals surface area contributed by atoms with E-state index in [-0.39, 0.29) is 17.5 Å². The quantitative estimate of drug-likeness (QED) is 0.396. The monoisotopic (exact) mass is 208 g/mol. The van der Waals surface area contributed by atoms with Gasteiger partial charge in [0.05, 0.1) is 0 Å². The van der Waals surface area contributed by atoms with Gasteiger partial charge in [0.2, 0.25) is 0 Å². The van der Waals surface area contributed by atoms with Crippen LogP contribution in [-0.4, -0.2) is 11.8 Å². The van der Waals surface area contributed by atoms with Gasteiger partial charge in [-0.25, -0.2) is 0 Å². The highest BCUT2D eigenvalue weighted by Gasteiger charge is 2.19. The second-order valence-corrected chi connectivity index (χ2v) is 3.47. The molecule has 0 saturated carbocycles. The van der Waals surface area contributed by atoms with Crippen molar-refractivity contribution in [3.8, 4) is 0 Å². The van der Waals surface area contributed by atoms with Crippen LogP contribution in [0.2, 0.25) is 0 Å². The van der Waals surface area contributed by atoms with E-state index in [0.29, 0.717) is 19.3 Å². The number of ketones is 1. The Morgan fingerprint density at radius 1 is 1.60 bits per heavy atom. The van der Waals surface area contributed by atoms with Crippen molar-refractivity contribution in [3.63, 3.8) is 0 Å². The summed E-state index contributed by atoms with van der Waals surface area (Å²) in [4.78, 5) is 22.4. The number of esters is 1. The molecule has 0 spiro atoms. The molecule has 3 heteroatoms. The van der Waals surface area contributed by atoms with E-state index in [9.17, 15) is 9.59 Å². The summed E-state index contributed by atoms with van der Waals surface area (Å²) in [6.45, 7) is 1.94. The highest BCUT2D eigenvalue weighted by molar-refractivity contribution is 5.97. The molecule has 0 aliphatic heterocycles. The van der Waals surface area contributed by atoms with Crippen LogP contribution in [0.1, 0.15) is 39.0 Å². The molecular formula is C12H16O3. The van der Waals surface area contributed by atoms with Gasteiger partial charge in [0.1, 0.15) is 0 Å². The molecule has 1 aliphatic carbocycles. The molecule has 82 valence electrons. The Bertz CT molecular complexity index is 300. The van der Waals surface area contributed by atoms with Gasteiger partial charge in [-0.05, 0) is 32.3 Å². The van der Waals surface area contributed by atoms with Crippen molar-refractivity contribution in [1.82, 2.24) is 0 Å². The Morgan fingerprint density at radius 3 is 3.00 bits per heavy atom. The summed E-state index contributed by atoms with van der Waals surface area (Å²) >= 11 is 0. The molecule has 1 aliphatic rings. The van der Waals surface area contributed by atoms with Crippen molar-refractivity contribution >= 4 is 11.8 Å². The molecule has 0 bridgehead atoms. The lowest BCUT2D eigenvalue weighted by molar-refractivity contribution is -0.142. The first-order valence-corrected chi connectivity index (χ1v) is 5.29. The Labute approximate surface area is 89.8 Å². The minimum atomic E-state index is -0.305. The van der Waals surface area contributed by atoms with E-state index in [0.717, 1.165) is 12.8 Å². The fourth-order valence-electron chi connectivity index (χ4n) is 1.37. The molecular weight excluding hydrogens is 192 g/mol. The van der Waals surface area contributed by atoms with E-state index in [4.69, 9.17) is 4.74 Å². The number of unbranched alkanes of at least 4 members (excludes halogenated alkanes) is 1. The van der Waals surface area contributed by atoms with Crippen molar-refractivity contribution < 1.29 is 14.3 Å². The van der Waals surface area contributed by atoms with Gasteiger partial charge < -0.3 is 4.74 Å². The molecule has 0 fully saturated rings. The maximum atomic E-state index is 11.3. The van der Waals surface area contributed by atoms with Crippen molar-refractivity contribution in [2.24, 2.45) is 0 Å². The first-order valence-electron chi connectivity index (χ1n) is 5.29. The maximum Gasteiger partial charge on any atom is 0.311 e. The van der Waals surface area contributed by atoms with E-state index in [1.165, 1.54) is 0 Å². The molecule has 1 rings (SSSR count). The largest absolute Gasteiger partial charge is 0.423 e. The molecule has 0 N–H and O–H groups in total. The second-order valence-electron chi connectivity index (χ2n) is 3.47. The molecule has 0 amide bonds. The van der Waals surface area contributed by atoms with Crippen LogP contribution < -0.4 is 0 Å². The van der Waals surface area contributed by atoms with Crippen molar-refractivity contribution in [2.45, 2.75) is 39.0 Å². The van der Waals surface area contributed by atoms with Crippen molar-refractivity contribution in [2.75, 3.05) is 0 Å². The Balaban J connectivity index is 2.21. The van der Waals surface area contributed by atoms with Gasteiger partial charge in [-0.3, -0.25) is 9.59 Å². The molecule has 0 saturated heterocycles. The standard InChI is InChI=1S/C12H16O3/c1-2-3-4-5-9-12(14)15-11-8-6-7-10(11)13/h2-3,8H,4-7,9H2,1H3. The van der Waals surface area contributed by atoms with Gasteiger partial charge in [0, 0.05) is 12.8 Å². The average molecular weight is 208 g/mol. The van der Waals surface area contributed by atoms with E-state index in [2.05, 4.69) is 0 Å². The van der Waals surface area contributed by atoms with Gasteiger partial charge in [0.15, 0.2) is 11.5 Å². The number of hydrogen-bond donors (Lipinski definition) is 0. The topological polar surface area (TPSA) is 43.4 Å². The summed E-state index contributed by atoms with van der Waals surface area (Å²) < 4.78 is 4.95. The second kappa shape index (κ2) is 6.17. The van der Waals surface area contributed by atoms with Crippen LogP contribution in [0.15, 0.2) is 24.0 Å². The summed E-state index contributed by atoms with van der Waals surface area (Å²) in [6.07, 6.45) is 8.83. The lowest BCUT2D eigenvalue weighted by atomic mass is 10.2. The van der Waals surface area contributed by atoms with Crippen LogP contribution >= 0.6 is 0 Å². The van der Waals surface area contributed by atoms with Gasteiger partial charge in [-0.1, -0.05) is 12.2 Å². The highest BCUT2D eigenvalue weighted by Crippen LogP contribution is 2.15. The number of Topliss-reactive ketones (excluding diaryl/α,β-unsaturated/α-hetero) is 1. The zero-order chi connectivity index (χ0) is 11.1. The van der Waals surface area contributed by atoms with Crippen LogP contribution in [0.5, 0.6) is 0 Å². The predicted molar refractivity (Wildman–Crippen MR) is 57.1 cm³/mol. The predicted octanol–water partition coefficient (Wildman–Crippen LogP) is 2.52. The molecule has 0 unspecified atom stereocenters. The molecule has 0 radical (unpaired) electrons. The third-order valence-corrected chi connectivity index (χ3v) is 2.19. The van der Waals surface area contributed by atoms with Gasteiger partial charge in [-0.2, -0.15) is 0 Å². The van der Waals surface area contributed by atoms with E-state index in [1.807, 2.05) is 19.1 Å². The summed E-state index contributed by atoms with van der Waals surface area (Å²) in [5.74, 6) is -0.121. The van der Waals surface area contributed by atoms with Crippen molar-refractivity contribution in [1.29, 1.82) is 0 Å². The summed E-state index contributed by atoms with van der Waals surface area (Å²) in [5.41, 5.74) is 0. The van der Waals surface area contributed by atoms with Gasteiger partial charge in [0.25, 0.3) is 0 Å². The minimum Gasteiger partial charge on any atom is -0.423 e. The smallest absolute Gasteiger partial charge is 0.311 e. The zero-order valence-electron chi connectivity index (χ0n) is 8.99. The third-order valence-electron chi connectivity index (χ3n) is 2.19. The van der Waals surface area contributed by atoms with Crippen LogP contribution in [0.25, 0.3) is 0 Å². The van der Waals surface area contributed by atoms with E-state index >= 15 is 0 Å². The Hall–Kier alpha value is -1.38. The Kier molecular flexibility index (Phi) is 4.81. The number of carbonyl (C=O) groups excluding carboxylic acids is 2. The number of rotatable bonds is 5. The maximum absolute atomic E-state index is 11.3. The third kappa shape index (κ3) is 4.11. The SMILES string of the molecule is CC=CCCCC(=O)OC1=CCCC1=O. The first kappa shape index (κ1) is 11.7. The molecule has 0 heterocycles. The molecule has 0 aromatic rings. The molecule has 0 aromatic carbocycles. The van der Waals surface area contributed by atoms with Gasteiger partial charge >= 0.3 is 5.97 Å². The van der Waals surface area contributed by atoms with Crippen LogP contribution in [0.3, 0.4) is 0 Å². The molecule has 15 heavy (non-hydrogen) atoms. The van der Waals surface area contributed by atoms with Crippen LogP contribution in [0.4, 0.5) is 0 Å². The first-order chi connectivity index (χ1) is 7.24. The van der Waals surface area contributed by atoms with Crippen LogP contribution in [0, 0.1) is 0 Å². The average Bonchev–Trinajstić information content (AvgIpc) is 2.59. The fraction of sp³-hybridized carbons (Fsp3) is 0.500. The molecule has 0 aromatic heterocycles. The summed E-state index contributed by atoms with van der Waals surface area (Å²) in [7, 11) is 0. The zero-order valence-corrected chi connectivity index (χ0v) is 8.99. The van der Waals surface area contributed by atoms with E-state index in [1.54, 1.807) is 6.08 Å². The number of carbonyl (C=O) groups is 2. The number of ether oxygens (including phenoxy) is 1. The number of hydrogen-bond acceptors (Lipinski definition) is 3. The summed E-state index contributed by atoms with van der Waals surface area (Å²) in [6, 6.07) is 0. The van der Waals surface area contributed by atoms with Crippen molar-refractivity contribution in [3.05, 3.63) is 24.0 Å². The Morgan fingerprint density at radius 2 is 2.40 bits per heavy atom.